The highest BCUT2D eigenvalue weighted by Gasteiger charge is 2.18. The largest absolute Gasteiger partial charge is 0.497 e. The molecule has 4 rings (SSSR count). The van der Waals surface area contributed by atoms with Gasteiger partial charge in [-0.3, -0.25) is 10.1 Å². The number of carbonyl (C=O) groups excluding carboxylic acids is 1. The average Bonchev–Trinajstić information content (AvgIpc) is 3.36. The number of ether oxygens (including phenoxy) is 4. The number of nitrogens with zero attached hydrogens (tertiary/aromatic N) is 1. The molecule has 0 spiro atoms. The quantitative estimate of drug-likeness (QED) is 0.721. The molecule has 1 aliphatic rings. The van der Waals surface area contributed by atoms with Crippen molar-refractivity contribution < 1.29 is 23.7 Å². The SMILES string of the molecule is COc1ccc(OC)c(-c2csc(NC(=O)c3ccc4c(c3)OCO4)n2)c1. The molecule has 2 aromatic carbocycles. The maximum atomic E-state index is 12.5. The van der Waals surface area contributed by atoms with E-state index in [1.54, 1.807) is 32.4 Å². The summed E-state index contributed by atoms with van der Waals surface area (Å²) in [7, 11) is 3.20. The summed E-state index contributed by atoms with van der Waals surface area (Å²) in [6, 6.07) is 10.5. The normalized spacial score (nSPS) is 11.9. The first kappa shape index (κ1) is 17.2. The molecule has 1 aliphatic heterocycles. The van der Waals surface area contributed by atoms with Crippen molar-refractivity contribution in [1.29, 1.82) is 0 Å². The molecule has 0 bridgehead atoms. The highest BCUT2D eigenvalue weighted by Crippen LogP contribution is 2.36. The van der Waals surface area contributed by atoms with Gasteiger partial charge in [0.15, 0.2) is 16.6 Å². The van der Waals surface area contributed by atoms with Crippen LogP contribution in [0.4, 0.5) is 5.13 Å². The fourth-order valence-corrected chi connectivity index (χ4v) is 3.38. The molecule has 0 saturated heterocycles. The van der Waals surface area contributed by atoms with Gasteiger partial charge in [0.25, 0.3) is 5.91 Å². The number of hydrogen-bond acceptors (Lipinski definition) is 7. The second kappa shape index (κ2) is 7.16. The molecule has 1 aromatic heterocycles. The van der Waals surface area contributed by atoms with Gasteiger partial charge < -0.3 is 18.9 Å². The Hall–Kier alpha value is -3.26. The Morgan fingerprint density at radius 3 is 2.78 bits per heavy atom. The molecule has 0 saturated carbocycles. The van der Waals surface area contributed by atoms with Crippen molar-refractivity contribution in [3.05, 3.63) is 47.3 Å². The highest BCUT2D eigenvalue weighted by molar-refractivity contribution is 7.14. The van der Waals surface area contributed by atoms with Gasteiger partial charge in [-0.2, -0.15) is 0 Å². The van der Waals surface area contributed by atoms with Gasteiger partial charge >= 0.3 is 0 Å². The third-order valence-electron chi connectivity index (χ3n) is 4.04. The number of benzene rings is 2. The second-order valence-electron chi connectivity index (χ2n) is 5.63. The molecule has 1 N–H and O–H groups in total. The molecule has 0 fully saturated rings. The van der Waals surface area contributed by atoms with E-state index in [0.717, 1.165) is 5.56 Å². The smallest absolute Gasteiger partial charge is 0.257 e. The van der Waals surface area contributed by atoms with Crippen molar-refractivity contribution in [2.75, 3.05) is 26.3 Å². The third kappa shape index (κ3) is 3.39. The number of hydrogen-bond donors (Lipinski definition) is 1. The van der Waals surface area contributed by atoms with Gasteiger partial charge in [0, 0.05) is 16.5 Å². The first-order valence-electron chi connectivity index (χ1n) is 8.07. The van der Waals surface area contributed by atoms with Crippen LogP contribution in [0.15, 0.2) is 41.8 Å². The van der Waals surface area contributed by atoms with Gasteiger partial charge in [-0.25, -0.2) is 4.98 Å². The fourth-order valence-electron chi connectivity index (χ4n) is 2.68. The molecule has 8 heteroatoms. The summed E-state index contributed by atoms with van der Waals surface area (Å²) in [5, 5.41) is 5.14. The maximum Gasteiger partial charge on any atom is 0.257 e. The summed E-state index contributed by atoms with van der Waals surface area (Å²) in [5.74, 6) is 2.29. The van der Waals surface area contributed by atoms with E-state index in [0.29, 0.717) is 39.4 Å². The van der Waals surface area contributed by atoms with E-state index in [2.05, 4.69) is 10.3 Å². The van der Waals surface area contributed by atoms with Crippen molar-refractivity contribution in [1.82, 2.24) is 4.98 Å². The molecule has 2 heterocycles. The van der Waals surface area contributed by atoms with E-state index < -0.39 is 0 Å². The van der Waals surface area contributed by atoms with E-state index in [9.17, 15) is 4.79 Å². The lowest BCUT2D eigenvalue weighted by Crippen LogP contribution is -2.11. The summed E-state index contributed by atoms with van der Waals surface area (Å²) >= 11 is 1.33. The number of fused-ring (bicyclic) bond motifs is 1. The minimum Gasteiger partial charge on any atom is -0.497 e. The zero-order chi connectivity index (χ0) is 18.8. The minimum atomic E-state index is -0.271. The lowest BCUT2D eigenvalue weighted by atomic mass is 10.1. The zero-order valence-electron chi connectivity index (χ0n) is 14.6. The van der Waals surface area contributed by atoms with Crippen LogP contribution >= 0.6 is 11.3 Å². The molecule has 7 nitrogen and oxygen atoms in total. The van der Waals surface area contributed by atoms with Gasteiger partial charge in [0.2, 0.25) is 6.79 Å². The van der Waals surface area contributed by atoms with Gasteiger partial charge in [0.05, 0.1) is 19.9 Å². The Morgan fingerprint density at radius 2 is 1.96 bits per heavy atom. The van der Waals surface area contributed by atoms with E-state index in [-0.39, 0.29) is 12.7 Å². The standard InChI is InChI=1S/C19H16N2O5S/c1-23-12-4-6-15(24-2)13(8-12)14-9-27-19(20-14)21-18(22)11-3-5-16-17(7-11)26-10-25-16/h3-9H,10H2,1-2H3,(H,20,21,22). The fraction of sp³-hybridized carbons (Fsp3) is 0.158. The van der Waals surface area contributed by atoms with E-state index in [1.165, 1.54) is 11.3 Å². The molecule has 1 amide bonds. The molecule has 3 aromatic rings. The van der Waals surface area contributed by atoms with Crippen molar-refractivity contribution in [2.24, 2.45) is 0 Å². The third-order valence-corrected chi connectivity index (χ3v) is 4.80. The molecular formula is C19H16N2O5S. The average molecular weight is 384 g/mol. The number of nitrogens with one attached hydrogen (secondary N) is 1. The van der Waals surface area contributed by atoms with Crippen LogP contribution in [-0.4, -0.2) is 31.9 Å². The Kier molecular flexibility index (Phi) is 4.55. The topological polar surface area (TPSA) is 78.9 Å². The molecular weight excluding hydrogens is 368 g/mol. The van der Waals surface area contributed by atoms with E-state index in [1.807, 2.05) is 23.6 Å². The predicted octanol–water partition coefficient (Wildman–Crippen LogP) is 3.81. The van der Waals surface area contributed by atoms with Gasteiger partial charge in [-0.1, -0.05) is 0 Å². The summed E-state index contributed by atoms with van der Waals surface area (Å²) < 4.78 is 21.2. The Labute approximate surface area is 159 Å². The number of amides is 1. The van der Waals surface area contributed by atoms with Crippen LogP contribution < -0.4 is 24.3 Å². The van der Waals surface area contributed by atoms with Crippen molar-refractivity contribution in [2.45, 2.75) is 0 Å². The molecule has 0 unspecified atom stereocenters. The maximum absolute atomic E-state index is 12.5. The summed E-state index contributed by atoms with van der Waals surface area (Å²) in [4.78, 5) is 17.0. The first-order valence-corrected chi connectivity index (χ1v) is 8.95. The molecule has 27 heavy (non-hydrogen) atoms. The number of aromatic nitrogens is 1. The Balaban J connectivity index is 1.55. The lowest BCUT2D eigenvalue weighted by Gasteiger charge is -2.08. The monoisotopic (exact) mass is 384 g/mol. The van der Waals surface area contributed by atoms with Crippen molar-refractivity contribution >= 4 is 22.4 Å². The van der Waals surface area contributed by atoms with Crippen LogP contribution in [0.25, 0.3) is 11.3 Å². The van der Waals surface area contributed by atoms with E-state index >= 15 is 0 Å². The summed E-state index contributed by atoms with van der Waals surface area (Å²) in [6.07, 6.45) is 0. The molecule has 0 atom stereocenters. The van der Waals surface area contributed by atoms with Crippen LogP contribution in [0, 0.1) is 0 Å². The number of carbonyl (C=O) groups is 1. The molecule has 0 radical (unpaired) electrons. The predicted molar refractivity (Wildman–Crippen MR) is 101 cm³/mol. The molecule has 138 valence electrons. The Morgan fingerprint density at radius 1 is 1.11 bits per heavy atom. The lowest BCUT2D eigenvalue weighted by molar-refractivity contribution is 0.102. The summed E-state index contributed by atoms with van der Waals surface area (Å²) in [5.41, 5.74) is 1.95. The number of thiazole rings is 1. The Bertz CT molecular complexity index is 1000. The van der Waals surface area contributed by atoms with Crippen LogP contribution in [-0.2, 0) is 0 Å². The summed E-state index contributed by atoms with van der Waals surface area (Å²) in [6.45, 7) is 0.165. The number of anilines is 1. The molecule has 0 aliphatic carbocycles. The van der Waals surface area contributed by atoms with Crippen LogP contribution in [0.5, 0.6) is 23.0 Å². The van der Waals surface area contributed by atoms with Crippen LogP contribution in [0.2, 0.25) is 0 Å². The van der Waals surface area contributed by atoms with Crippen molar-refractivity contribution in [3.63, 3.8) is 0 Å². The van der Waals surface area contributed by atoms with Crippen LogP contribution in [0.1, 0.15) is 10.4 Å². The first-order chi connectivity index (χ1) is 13.2. The zero-order valence-corrected chi connectivity index (χ0v) is 15.5. The van der Waals surface area contributed by atoms with Gasteiger partial charge in [-0.05, 0) is 36.4 Å². The van der Waals surface area contributed by atoms with Crippen molar-refractivity contribution in [3.8, 4) is 34.3 Å². The van der Waals surface area contributed by atoms with Gasteiger partial charge in [0.1, 0.15) is 11.5 Å². The number of methoxy groups -OCH3 is 2. The van der Waals surface area contributed by atoms with Crippen LogP contribution in [0.3, 0.4) is 0 Å². The van der Waals surface area contributed by atoms with Gasteiger partial charge in [-0.15, -0.1) is 11.3 Å². The number of rotatable bonds is 5. The second-order valence-corrected chi connectivity index (χ2v) is 6.48. The minimum absolute atomic E-state index is 0.165. The highest BCUT2D eigenvalue weighted by atomic mass is 32.1. The van der Waals surface area contributed by atoms with E-state index in [4.69, 9.17) is 18.9 Å².